The van der Waals surface area contributed by atoms with Crippen molar-refractivity contribution in [1.82, 2.24) is 5.32 Å². The van der Waals surface area contributed by atoms with Crippen molar-refractivity contribution in [1.29, 1.82) is 0 Å². The van der Waals surface area contributed by atoms with Crippen LogP contribution in [0.1, 0.15) is 30.1 Å². The molecule has 1 aliphatic carbocycles. The van der Waals surface area contributed by atoms with Gasteiger partial charge in [-0.25, -0.2) is 0 Å². The molecule has 3 heteroatoms. The van der Waals surface area contributed by atoms with Gasteiger partial charge in [0.2, 0.25) is 0 Å². The van der Waals surface area contributed by atoms with E-state index in [1.54, 1.807) is 0 Å². The Hall–Kier alpha value is -1.35. The molecule has 2 aliphatic heterocycles. The summed E-state index contributed by atoms with van der Waals surface area (Å²) in [6, 6.07) is 8.48. The highest BCUT2D eigenvalue weighted by Crippen LogP contribution is 2.52. The van der Waals surface area contributed by atoms with E-state index in [2.05, 4.69) is 23.5 Å². The Labute approximate surface area is 100 Å². The molecule has 2 saturated heterocycles. The molecule has 0 radical (unpaired) electrons. The molecule has 2 heterocycles. The summed E-state index contributed by atoms with van der Waals surface area (Å²) in [4.78, 5) is 11.5. The number of benzene rings is 1. The zero-order chi connectivity index (χ0) is 11.5. The van der Waals surface area contributed by atoms with Crippen LogP contribution in [0.3, 0.4) is 0 Å². The fourth-order valence-electron chi connectivity index (χ4n) is 3.71. The van der Waals surface area contributed by atoms with Gasteiger partial charge in [-0.05, 0) is 17.5 Å². The molecule has 1 N–H and O–H groups in total. The number of nitrogens with one attached hydrogen (secondary N) is 1. The highest BCUT2D eigenvalue weighted by molar-refractivity contribution is 5.73. The quantitative estimate of drug-likeness (QED) is 0.686. The molecule has 1 aromatic rings. The normalized spacial score (nSPS) is 32.6. The molecule has 2 fully saturated rings. The minimum Gasteiger partial charge on any atom is -0.457 e. The Morgan fingerprint density at radius 2 is 2.12 bits per heavy atom. The van der Waals surface area contributed by atoms with E-state index in [-0.39, 0.29) is 17.5 Å². The first kappa shape index (κ1) is 9.66. The Bertz CT molecular complexity index is 493. The molecular formula is C14H15NO2. The van der Waals surface area contributed by atoms with Gasteiger partial charge in [0, 0.05) is 24.4 Å². The predicted molar refractivity (Wildman–Crippen MR) is 62.5 cm³/mol. The van der Waals surface area contributed by atoms with Crippen LogP contribution in [-0.4, -0.2) is 19.1 Å². The van der Waals surface area contributed by atoms with Gasteiger partial charge in [0.15, 0.2) is 0 Å². The summed E-state index contributed by atoms with van der Waals surface area (Å²) in [6.45, 7) is 2.09. The monoisotopic (exact) mass is 229 g/mol. The van der Waals surface area contributed by atoms with Crippen molar-refractivity contribution in [3.63, 3.8) is 0 Å². The molecule has 1 aromatic carbocycles. The smallest absolute Gasteiger partial charge is 0.306 e. The van der Waals surface area contributed by atoms with E-state index in [1.165, 1.54) is 11.1 Å². The van der Waals surface area contributed by atoms with E-state index >= 15 is 0 Å². The Morgan fingerprint density at radius 1 is 1.29 bits per heavy atom. The third kappa shape index (κ3) is 1.18. The summed E-state index contributed by atoms with van der Waals surface area (Å²) in [5.41, 5.74) is 2.91. The Balaban J connectivity index is 1.87. The van der Waals surface area contributed by atoms with E-state index in [0.29, 0.717) is 12.3 Å². The van der Waals surface area contributed by atoms with Crippen LogP contribution in [0.2, 0.25) is 0 Å². The third-order valence-corrected chi connectivity index (χ3v) is 4.53. The lowest BCUT2D eigenvalue weighted by Crippen LogP contribution is -2.59. The van der Waals surface area contributed by atoms with E-state index in [1.807, 2.05) is 6.07 Å². The number of fused-ring (bicyclic) bond motifs is 4. The maximum Gasteiger partial charge on any atom is 0.306 e. The van der Waals surface area contributed by atoms with Crippen LogP contribution in [0.25, 0.3) is 0 Å². The van der Waals surface area contributed by atoms with Gasteiger partial charge in [-0.3, -0.25) is 4.79 Å². The molecule has 88 valence electrons. The fraction of sp³-hybridized carbons (Fsp3) is 0.500. The highest BCUT2D eigenvalue weighted by Gasteiger charge is 2.51. The minimum absolute atomic E-state index is 0.0184. The molecule has 3 aliphatic rings. The second-order valence-electron chi connectivity index (χ2n) is 5.55. The van der Waals surface area contributed by atoms with Gasteiger partial charge in [0.25, 0.3) is 0 Å². The second kappa shape index (κ2) is 3.10. The number of ether oxygens (including phenoxy) is 1. The van der Waals surface area contributed by atoms with Crippen molar-refractivity contribution < 1.29 is 9.53 Å². The zero-order valence-corrected chi connectivity index (χ0v) is 9.61. The van der Waals surface area contributed by atoms with Gasteiger partial charge >= 0.3 is 5.97 Å². The number of esters is 1. The lowest BCUT2D eigenvalue weighted by atomic mass is 9.62. The summed E-state index contributed by atoms with van der Waals surface area (Å²) in [7, 11) is 0. The maximum atomic E-state index is 11.5. The van der Waals surface area contributed by atoms with E-state index in [9.17, 15) is 4.79 Å². The largest absolute Gasteiger partial charge is 0.457 e. The van der Waals surface area contributed by atoms with Crippen molar-refractivity contribution in [2.45, 2.75) is 24.4 Å². The van der Waals surface area contributed by atoms with Gasteiger partial charge in [-0.1, -0.05) is 24.3 Å². The van der Waals surface area contributed by atoms with E-state index < -0.39 is 0 Å². The molecule has 1 spiro atoms. The number of rotatable bonds is 0. The van der Waals surface area contributed by atoms with Crippen LogP contribution in [0.4, 0.5) is 0 Å². The summed E-state index contributed by atoms with van der Waals surface area (Å²) in [5.74, 6) is 0.360. The highest BCUT2D eigenvalue weighted by atomic mass is 16.5. The van der Waals surface area contributed by atoms with Gasteiger partial charge in [-0.15, -0.1) is 0 Å². The Kier molecular flexibility index (Phi) is 1.76. The maximum absolute atomic E-state index is 11.5. The van der Waals surface area contributed by atoms with Crippen LogP contribution in [-0.2, 0) is 14.9 Å². The Morgan fingerprint density at radius 3 is 2.88 bits per heavy atom. The van der Waals surface area contributed by atoms with Crippen LogP contribution >= 0.6 is 0 Å². The standard InChI is InChI=1S/C14H15NO2/c16-12-5-9-6-14(7-15-8-14)11-4-2-1-3-10(11)13(9)17-12/h1-4,9,13,15H,5-8H2. The number of carbonyl (C=O) groups excluding carboxylic acids is 1. The molecule has 2 atom stereocenters. The molecule has 0 bridgehead atoms. The molecule has 0 amide bonds. The van der Waals surface area contributed by atoms with Crippen molar-refractivity contribution >= 4 is 5.97 Å². The molecular weight excluding hydrogens is 214 g/mol. The van der Waals surface area contributed by atoms with Crippen molar-refractivity contribution in [3.05, 3.63) is 35.4 Å². The lowest BCUT2D eigenvalue weighted by Gasteiger charge is -2.49. The molecule has 0 saturated carbocycles. The zero-order valence-electron chi connectivity index (χ0n) is 9.61. The average molecular weight is 229 g/mol. The van der Waals surface area contributed by atoms with Gasteiger partial charge in [0.05, 0.1) is 6.42 Å². The second-order valence-corrected chi connectivity index (χ2v) is 5.55. The minimum atomic E-state index is -0.0286. The van der Waals surface area contributed by atoms with E-state index in [4.69, 9.17) is 4.74 Å². The lowest BCUT2D eigenvalue weighted by molar-refractivity contribution is -0.142. The summed E-state index contributed by atoms with van der Waals surface area (Å²) in [6.07, 6.45) is 1.71. The van der Waals surface area contributed by atoms with Crippen LogP contribution in [0, 0.1) is 5.92 Å². The third-order valence-electron chi connectivity index (χ3n) is 4.53. The predicted octanol–water partition coefficient (Wildman–Crippen LogP) is 1.54. The van der Waals surface area contributed by atoms with Gasteiger partial charge in [0.1, 0.15) is 6.10 Å². The topological polar surface area (TPSA) is 38.3 Å². The van der Waals surface area contributed by atoms with Crippen molar-refractivity contribution in [2.75, 3.05) is 13.1 Å². The molecule has 4 rings (SSSR count). The first-order chi connectivity index (χ1) is 8.28. The van der Waals surface area contributed by atoms with Crippen LogP contribution in [0.15, 0.2) is 24.3 Å². The summed E-state index contributed by atoms with van der Waals surface area (Å²) >= 11 is 0. The summed E-state index contributed by atoms with van der Waals surface area (Å²) in [5, 5.41) is 3.38. The molecule has 3 nitrogen and oxygen atoms in total. The number of hydrogen-bond acceptors (Lipinski definition) is 3. The van der Waals surface area contributed by atoms with Crippen LogP contribution in [0.5, 0.6) is 0 Å². The average Bonchev–Trinajstić information content (AvgIpc) is 2.66. The fourth-order valence-corrected chi connectivity index (χ4v) is 3.71. The van der Waals surface area contributed by atoms with Crippen molar-refractivity contribution in [3.8, 4) is 0 Å². The van der Waals surface area contributed by atoms with Crippen molar-refractivity contribution in [2.24, 2.45) is 5.92 Å². The first-order valence-corrected chi connectivity index (χ1v) is 6.28. The van der Waals surface area contributed by atoms with Gasteiger partial charge < -0.3 is 10.1 Å². The first-order valence-electron chi connectivity index (χ1n) is 6.28. The molecule has 2 unspecified atom stereocenters. The van der Waals surface area contributed by atoms with E-state index in [0.717, 1.165) is 19.5 Å². The SMILES string of the molecule is O=C1CC2CC3(CNC3)c3ccccc3C2O1. The molecule has 17 heavy (non-hydrogen) atoms. The summed E-state index contributed by atoms with van der Waals surface area (Å²) < 4.78 is 5.49. The number of hydrogen-bond donors (Lipinski definition) is 1. The van der Waals surface area contributed by atoms with Gasteiger partial charge in [-0.2, -0.15) is 0 Å². The molecule has 0 aromatic heterocycles. The van der Waals surface area contributed by atoms with Crippen LogP contribution < -0.4 is 5.32 Å². The number of carbonyl (C=O) groups is 1.